The second kappa shape index (κ2) is 4.40. The fourth-order valence-electron chi connectivity index (χ4n) is 0. The zero-order valence-electron chi connectivity index (χ0n) is 3.35. The monoisotopic (exact) mass is 147 g/mol. The minimum Gasteiger partial charge on any atom is -0.379 e. The van der Waals surface area contributed by atoms with Crippen LogP contribution >= 0.6 is 0 Å². The van der Waals surface area contributed by atoms with E-state index in [0.29, 0.717) is 0 Å². The van der Waals surface area contributed by atoms with E-state index in [1.54, 1.807) is 0 Å². The summed E-state index contributed by atoms with van der Waals surface area (Å²) in [5.41, 5.74) is 0. The summed E-state index contributed by atoms with van der Waals surface area (Å²) in [7, 11) is -5.17. The zero-order chi connectivity index (χ0) is 7.21. The topological polar surface area (TPSA) is 104 Å². The number of hydrogen-bond acceptors (Lipinski definition) is 4. The maximum absolute atomic E-state index is 10.2. The van der Waals surface area contributed by atoms with Gasteiger partial charge in [-0.15, -0.1) is 4.91 Å². The van der Waals surface area contributed by atoms with Gasteiger partial charge in [-0.25, -0.2) is 0 Å². The van der Waals surface area contributed by atoms with E-state index >= 15 is 0 Å². The lowest BCUT2D eigenvalue weighted by atomic mass is 13.4. The molecule has 0 unspecified atom stereocenters. The second-order valence-electron chi connectivity index (χ2n) is 0.494. The standard InChI is InChI=1S/FHO3S.HNO2/c1-5(2,3)4;2-1-3/h(H,2,3,4);(H,2,3). The van der Waals surface area contributed by atoms with Crippen molar-refractivity contribution < 1.29 is 22.1 Å². The third kappa shape index (κ3) is 163. The Labute approximate surface area is 43.9 Å². The molecule has 6 nitrogen and oxygen atoms in total. The molecule has 0 aromatic heterocycles. The Morgan fingerprint density at radius 1 is 1.50 bits per heavy atom. The highest BCUT2D eigenvalue weighted by Gasteiger charge is 1.89. The molecule has 2 N–H and O–H groups in total. The predicted octanol–water partition coefficient (Wildman–Crippen LogP) is -0.0993. The first kappa shape index (κ1) is 10.3. The van der Waals surface area contributed by atoms with Gasteiger partial charge in [-0.2, -0.15) is 8.42 Å². The van der Waals surface area contributed by atoms with Gasteiger partial charge in [-0.05, 0) is 0 Å². The molecular weight excluding hydrogens is 145 g/mol. The molecule has 0 atom stereocenters. The molecule has 8 heavy (non-hydrogen) atoms. The minimum atomic E-state index is -5.17. The molecule has 50 valence electrons. The fourth-order valence-corrected chi connectivity index (χ4v) is 0. The molecule has 0 radical (unpaired) electrons. The van der Waals surface area contributed by atoms with E-state index in [1.165, 1.54) is 5.34 Å². The summed E-state index contributed by atoms with van der Waals surface area (Å²) >= 11 is 0. The van der Waals surface area contributed by atoms with Gasteiger partial charge in [0.2, 0.25) is 0 Å². The third-order valence-corrected chi connectivity index (χ3v) is 0. The molecule has 0 amide bonds. The van der Waals surface area contributed by atoms with Crippen molar-refractivity contribution in [2.45, 2.75) is 0 Å². The Kier molecular flexibility index (Phi) is 5.65. The average molecular weight is 147 g/mol. The van der Waals surface area contributed by atoms with Crippen LogP contribution in [0.4, 0.5) is 3.89 Å². The first-order valence-corrected chi connectivity index (χ1v) is 2.39. The summed E-state index contributed by atoms with van der Waals surface area (Å²) in [5.74, 6) is 0. The first-order chi connectivity index (χ1) is 3.41. The van der Waals surface area contributed by atoms with Gasteiger partial charge in [0.25, 0.3) is 0 Å². The lowest BCUT2D eigenvalue weighted by Crippen LogP contribution is -1.80. The van der Waals surface area contributed by atoms with Gasteiger partial charge in [-0.1, -0.05) is 3.89 Å². The normalized spacial score (nSPS) is 8.75. The quantitative estimate of drug-likeness (QED) is 0.215. The molecule has 0 aliphatic carbocycles. The van der Waals surface area contributed by atoms with Crippen LogP contribution in [0.5, 0.6) is 0 Å². The lowest BCUT2D eigenvalue weighted by molar-refractivity contribution is 0.312. The van der Waals surface area contributed by atoms with E-state index in [2.05, 4.69) is 0 Å². The maximum atomic E-state index is 10.2. The van der Waals surface area contributed by atoms with Crippen LogP contribution < -0.4 is 0 Å². The van der Waals surface area contributed by atoms with Crippen molar-refractivity contribution in [3.8, 4) is 0 Å². The molecule has 0 spiro atoms. The Bertz CT molecular complexity index is 127. The highest BCUT2D eigenvalue weighted by atomic mass is 32.3. The van der Waals surface area contributed by atoms with Crippen molar-refractivity contribution in [3.63, 3.8) is 0 Å². The van der Waals surface area contributed by atoms with Gasteiger partial charge in [0.1, 0.15) is 0 Å². The SMILES string of the molecule is O=NO.O=S(=O)(O)F. The van der Waals surface area contributed by atoms with Crippen LogP contribution in [0, 0.1) is 4.91 Å². The molecule has 0 saturated carbocycles. The molecule has 0 aromatic rings. The number of hydrogen-bond donors (Lipinski definition) is 2. The molecular formula is H2FNO5S. The van der Waals surface area contributed by atoms with Crippen LogP contribution in [0.2, 0.25) is 0 Å². The van der Waals surface area contributed by atoms with E-state index in [-0.39, 0.29) is 0 Å². The number of halogens is 1. The van der Waals surface area contributed by atoms with E-state index in [9.17, 15) is 3.89 Å². The van der Waals surface area contributed by atoms with Crippen LogP contribution in [-0.4, -0.2) is 18.2 Å². The van der Waals surface area contributed by atoms with Gasteiger partial charge < -0.3 is 5.21 Å². The average Bonchev–Trinajstić information content (AvgIpc) is 1.27. The Morgan fingerprint density at radius 2 is 1.50 bits per heavy atom. The van der Waals surface area contributed by atoms with E-state index in [4.69, 9.17) is 23.1 Å². The van der Waals surface area contributed by atoms with Crippen LogP contribution in [0.15, 0.2) is 5.34 Å². The summed E-state index contributed by atoms with van der Waals surface area (Å²) < 4.78 is 34.1. The van der Waals surface area contributed by atoms with Crippen molar-refractivity contribution in [2.24, 2.45) is 5.34 Å². The Morgan fingerprint density at radius 3 is 1.50 bits per heavy atom. The number of rotatable bonds is 0. The fraction of sp³-hybridized carbons (Fsp3) is 0. The van der Waals surface area contributed by atoms with E-state index < -0.39 is 10.5 Å². The van der Waals surface area contributed by atoms with Crippen molar-refractivity contribution in [2.75, 3.05) is 0 Å². The lowest BCUT2D eigenvalue weighted by Gasteiger charge is -1.63. The summed E-state index contributed by atoms with van der Waals surface area (Å²) in [6.45, 7) is 0. The second-order valence-corrected chi connectivity index (χ2v) is 1.32. The van der Waals surface area contributed by atoms with Crippen molar-refractivity contribution >= 4 is 10.5 Å². The van der Waals surface area contributed by atoms with Crippen molar-refractivity contribution in [1.29, 1.82) is 0 Å². The molecule has 0 aliphatic heterocycles. The molecule has 8 heteroatoms. The summed E-state index contributed by atoms with van der Waals surface area (Å²) in [6.07, 6.45) is 0. The minimum absolute atomic E-state index is 1.25. The predicted molar refractivity (Wildman–Crippen MR) is 20.2 cm³/mol. The Hall–Kier alpha value is -0.760. The van der Waals surface area contributed by atoms with Gasteiger partial charge >= 0.3 is 10.5 Å². The maximum Gasteiger partial charge on any atom is 0.435 e. The van der Waals surface area contributed by atoms with E-state index in [0.717, 1.165) is 0 Å². The van der Waals surface area contributed by atoms with Crippen LogP contribution in [-0.2, 0) is 10.5 Å². The largest absolute Gasteiger partial charge is 0.435 e. The molecule has 0 fully saturated rings. The molecule has 0 heterocycles. The molecule has 0 saturated heterocycles. The van der Waals surface area contributed by atoms with Crippen LogP contribution in [0.3, 0.4) is 0 Å². The third-order valence-electron chi connectivity index (χ3n) is 0. The molecule has 0 rings (SSSR count). The summed E-state index contributed by atoms with van der Waals surface area (Å²) in [6, 6.07) is 0. The zero-order valence-corrected chi connectivity index (χ0v) is 4.17. The Balaban J connectivity index is 0. The molecule has 0 bridgehead atoms. The van der Waals surface area contributed by atoms with E-state index in [1.807, 2.05) is 0 Å². The summed E-state index contributed by atoms with van der Waals surface area (Å²) in [5, 5.41) is 7.89. The van der Waals surface area contributed by atoms with Crippen LogP contribution in [0.25, 0.3) is 0 Å². The smallest absolute Gasteiger partial charge is 0.379 e. The molecule has 0 aromatic carbocycles. The molecule has 0 aliphatic rings. The highest BCUT2D eigenvalue weighted by molar-refractivity contribution is 7.80. The van der Waals surface area contributed by atoms with Crippen molar-refractivity contribution in [1.82, 2.24) is 0 Å². The van der Waals surface area contributed by atoms with Gasteiger partial charge in [0.05, 0.1) is 0 Å². The van der Waals surface area contributed by atoms with Crippen molar-refractivity contribution in [3.05, 3.63) is 4.91 Å². The summed E-state index contributed by atoms with van der Waals surface area (Å²) in [4.78, 5) is 8.11. The first-order valence-electron chi connectivity index (χ1n) is 1.05. The highest BCUT2D eigenvalue weighted by Crippen LogP contribution is 1.74. The number of nitrogens with zero attached hydrogens (tertiary/aromatic N) is 1. The van der Waals surface area contributed by atoms with Gasteiger partial charge in [0, 0.05) is 0 Å². The van der Waals surface area contributed by atoms with Gasteiger partial charge in [0.15, 0.2) is 5.34 Å². The van der Waals surface area contributed by atoms with Crippen LogP contribution in [0.1, 0.15) is 0 Å². The van der Waals surface area contributed by atoms with Gasteiger partial charge in [-0.3, -0.25) is 4.55 Å².